The van der Waals surface area contributed by atoms with Gasteiger partial charge in [-0.1, -0.05) is 196 Å². The number of aromatic nitrogens is 5. The summed E-state index contributed by atoms with van der Waals surface area (Å²) in [5.74, 6) is 1.69. The smallest absolute Gasteiger partial charge is 0.242 e. The van der Waals surface area contributed by atoms with Gasteiger partial charge in [0.2, 0.25) is 6.33 Å². The Morgan fingerprint density at radius 1 is 0.511 bits per heavy atom. The zero-order valence-electron chi connectivity index (χ0n) is 50.7. The van der Waals surface area contributed by atoms with Crippen LogP contribution in [0.1, 0.15) is 56.9 Å². The van der Waals surface area contributed by atoms with Crippen LogP contribution in [0.2, 0.25) is 0 Å². The molecule has 10 aromatic carbocycles. The quantitative estimate of drug-likeness (QED) is 0.0550. The van der Waals surface area contributed by atoms with E-state index in [4.69, 9.17) is 16.3 Å². The summed E-state index contributed by atoms with van der Waals surface area (Å²) in [4.78, 5) is 13.5. The second kappa shape index (κ2) is 25.5. The first kappa shape index (κ1) is 58.7. The predicted octanol–water partition coefficient (Wildman–Crippen LogP) is 20.6. The maximum absolute atomic E-state index is 8.22. The minimum Gasteiger partial charge on any atom is -0.511 e. The van der Waals surface area contributed by atoms with Gasteiger partial charge in [0.05, 0.1) is 29.8 Å². The van der Waals surface area contributed by atoms with Crippen molar-refractivity contribution < 1.29 is 30.4 Å². The molecule has 0 aliphatic carbocycles. The Morgan fingerprint density at radius 3 is 1.66 bits per heavy atom. The van der Waals surface area contributed by atoms with Crippen molar-refractivity contribution in [3.63, 3.8) is 0 Å². The van der Waals surface area contributed by atoms with Crippen LogP contribution in [0, 0.1) is 32.0 Å². The maximum atomic E-state index is 8.22. The third kappa shape index (κ3) is 12.1. The number of hydrogen-bond donors (Lipinski definition) is 0. The number of pyridine rings is 2. The molecule has 14 rings (SSSR count). The molecule has 0 unspecified atom stereocenters. The number of ether oxygens (including phenoxy) is 1. The normalized spacial score (nSPS) is 11.5. The molecule has 0 spiro atoms. The van der Waals surface area contributed by atoms with E-state index < -0.39 is 0 Å². The van der Waals surface area contributed by atoms with Gasteiger partial charge in [0.25, 0.3) is 0 Å². The summed E-state index contributed by atoms with van der Waals surface area (Å²) in [6.07, 6.45) is 11.3. The van der Waals surface area contributed by atoms with Gasteiger partial charge < -0.3 is 18.4 Å². The van der Waals surface area contributed by atoms with Crippen molar-refractivity contribution in [2.24, 2.45) is 0 Å². The Bertz CT molecular complexity index is 4700. The molecule has 7 nitrogen and oxygen atoms in total. The van der Waals surface area contributed by atoms with E-state index in [2.05, 4.69) is 277 Å². The zero-order valence-corrected chi connectivity index (χ0v) is 53.0. The minimum atomic E-state index is -0.0762. The molecule has 0 radical (unpaired) electrons. The van der Waals surface area contributed by atoms with Gasteiger partial charge in [-0.25, -0.2) is 4.98 Å². The molecule has 8 heteroatoms. The molecule has 0 amide bonds. The molecule has 4 aromatic heterocycles. The molecule has 0 saturated heterocycles. The molecule has 0 aliphatic heterocycles. The monoisotopic (exact) mass is 1340 g/mol. The molecular formula is C82H64N6OPt-2. The van der Waals surface area contributed by atoms with Crippen LogP contribution in [0.4, 0.5) is 5.69 Å². The second-order valence-electron chi connectivity index (χ2n) is 24.0. The van der Waals surface area contributed by atoms with Crippen LogP contribution in [0.15, 0.2) is 255 Å². The average molecular weight is 1340 g/mol. The Labute approximate surface area is 541 Å². The van der Waals surface area contributed by atoms with E-state index in [9.17, 15) is 0 Å². The fraction of sp³-hybridized carbons (Fsp3) is 0.122. The Balaban J connectivity index is 0.00000743. The summed E-state index contributed by atoms with van der Waals surface area (Å²) in [6.45, 7) is 17.6. The van der Waals surface area contributed by atoms with Crippen molar-refractivity contribution in [1.29, 1.82) is 0 Å². The molecule has 90 heavy (non-hydrogen) atoms. The topological polar surface area (TPSA) is 53.1 Å². The first-order valence-corrected chi connectivity index (χ1v) is 30.6. The first-order chi connectivity index (χ1) is 43.6. The Kier molecular flexibility index (Phi) is 16.6. The van der Waals surface area contributed by atoms with E-state index >= 15 is 0 Å². The zero-order chi connectivity index (χ0) is 60.4. The van der Waals surface area contributed by atoms with Gasteiger partial charge in [0, 0.05) is 50.4 Å². The second-order valence-corrected chi connectivity index (χ2v) is 24.0. The summed E-state index contributed by atoms with van der Waals surface area (Å²) in [5.41, 5.74) is 22.6. The fourth-order valence-corrected chi connectivity index (χ4v) is 12.5. The SMILES string of the molecule is [C-]#[N+]c1cc(Oc2[c-]c3c(cc2)c2cnc(C)cc2n3-c2cc(C(C)(C)C)ccn2)[c-]c(-n2[c-][n+](CCCCCc3c(-c4cc(-c5ccccc5)cc(-c5ccccc5)c4)cccc3-c3cc(-c4ccccc4)cc(-c4ccccc4)c3)c3ccccc32)c1.[Pt]. The number of unbranched alkanes of at least 4 members (excludes halogenated alkanes) is 2. The number of imidazole rings is 1. The van der Waals surface area contributed by atoms with E-state index in [0.717, 1.165) is 76.6 Å². The molecule has 440 valence electrons. The molecule has 0 atom stereocenters. The van der Waals surface area contributed by atoms with Gasteiger partial charge in [-0.3, -0.25) is 9.83 Å². The van der Waals surface area contributed by atoms with Crippen molar-refractivity contribution >= 4 is 38.5 Å². The number of nitrogens with zero attached hydrogens (tertiary/aromatic N) is 6. The molecule has 0 saturated carbocycles. The average Bonchev–Trinajstić information content (AvgIpc) is 2.34. The Morgan fingerprint density at radius 2 is 1.08 bits per heavy atom. The van der Waals surface area contributed by atoms with E-state index in [1.807, 2.05) is 42.1 Å². The summed E-state index contributed by atoms with van der Waals surface area (Å²) in [7, 11) is 0. The fourth-order valence-electron chi connectivity index (χ4n) is 12.5. The van der Waals surface area contributed by atoms with Crippen molar-refractivity contribution in [2.45, 2.75) is 65.3 Å². The van der Waals surface area contributed by atoms with Gasteiger partial charge in [-0.2, -0.15) is 12.1 Å². The number of fused-ring (bicyclic) bond motifs is 4. The van der Waals surface area contributed by atoms with Crippen LogP contribution >= 0.6 is 0 Å². The molecule has 0 fully saturated rings. The van der Waals surface area contributed by atoms with Crippen LogP contribution < -0.4 is 9.30 Å². The summed E-state index contributed by atoms with van der Waals surface area (Å²) in [6, 6.07) is 93.5. The van der Waals surface area contributed by atoms with Gasteiger partial charge in [-0.05, 0) is 182 Å². The third-order valence-electron chi connectivity index (χ3n) is 17.0. The van der Waals surface area contributed by atoms with Crippen LogP contribution in [0.25, 0.3) is 116 Å². The van der Waals surface area contributed by atoms with Crippen LogP contribution in [-0.4, -0.2) is 19.1 Å². The molecule has 0 N–H and O–H groups in total. The predicted molar refractivity (Wildman–Crippen MR) is 363 cm³/mol. The molecular weight excluding hydrogens is 1280 g/mol. The first-order valence-electron chi connectivity index (χ1n) is 30.6. The summed E-state index contributed by atoms with van der Waals surface area (Å²) < 4.78 is 13.0. The van der Waals surface area contributed by atoms with Crippen LogP contribution in [0.3, 0.4) is 0 Å². The van der Waals surface area contributed by atoms with Crippen molar-refractivity contribution in [2.75, 3.05) is 0 Å². The van der Waals surface area contributed by atoms with Crippen LogP contribution in [-0.2, 0) is 39.4 Å². The third-order valence-corrected chi connectivity index (χ3v) is 17.0. The van der Waals surface area contributed by atoms with E-state index in [-0.39, 0.29) is 26.5 Å². The number of hydrogen-bond acceptors (Lipinski definition) is 3. The number of rotatable bonds is 16. The number of para-hydroxylation sites is 2. The number of benzene rings is 10. The van der Waals surface area contributed by atoms with Gasteiger partial charge in [0.1, 0.15) is 5.82 Å². The summed E-state index contributed by atoms with van der Waals surface area (Å²) in [5, 5.41) is 1.99. The standard InChI is InChI=1S/C82H64N6O.Pt/c1-56-42-79-76(54-85-56)75-38-37-70(53-80(75)88(79)81-49-67(39-40-84-81)82(2,3)4)89-71-51-68(83-5)50-69(52-71)87-55-86(77-35-20-21-36-78(77)87)41-22-10-19-32-74-72(65-45-61(57-24-11-6-12-25-57)43-62(46-65)58-26-13-7-14-27-58)33-23-34-73(74)66-47-63(59-28-15-8-16-29-59)44-64(48-66)60-30-17-9-18-31-60;/h6-9,11-18,20-21,23-31,33-40,42-51,54H,10,19,22,32,41H2,1-4H3;/q-2;. The van der Waals surface area contributed by atoms with Gasteiger partial charge in [0.15, 0.2) is 0 Å². The summed E-state index contributed by atoms with van der Waals surface area (Å²) >= 11 is 0. The largest absolute Gasteiger partial charge is 0.511 e. The van der Waals surface area contributed by atoms with Crippen molar-refractivity contribution in [3.8, 4) is 89.8 Å². The molecule has 4 heterocycles. The maximum Gasteiger partial charge on any atom is 0.242 e. The number of aryl methyl sites for hydroxylation is 2. The van der Waals surface area contributed by atoms with Crippen molar-refractivity contribution in [3.05, 3.63) is 302 Å². The van der Waals surface area contributed by atoms with E-state index in [0.29, 0.717) is 22.9 Å². The van der Waals surface area contributed by atoms with Crippen LogP contribution in [0.5, 0.6) is 11.5 Å². The molecule has 0 bridgehead atoms. The van der Waals surface area contributed by atoms with Crippen molar-refractivity contribution in [1.82, 2.24) is 19.1 Å². The molecule has 0 aliphatic rings. The Hall–Kier alpha value is -10.3. The minimum absolute atomic E-state index is 0. The molecule has 14 aromatic rings. The van der Waals surface area contributed by atoms with Gasteiger partial charge >= 0.3 is 0 Å². The van der Waals surface area contributed by atoms with E-state index in [1.165, 1.54) is 77.9 Å². The van der Waals surface area contributed by atoms with E-state index in [1.54, 1.807) is 6.07 Å². The van der Waals surface area contributed by atoms with Gasteiger partial charge in [-0.15, -0.1) is 29.7 Å².